The van der Waals surface area contributed by atoms with Gasteiger partial charge >= 0.3 is 0 Å². The monoisotopic (exact) mass is 273 g/mol. The van der Waals surface area contributed by atoms with E-state index in [1.54, 1.807) is 0 Å². The van der Waals surface area contributed by atoms with Gasteiger partial charge in [-0.25, -0.2) is 0 Å². The molecule has 0 saturated carbocycles. The minimum atomic E-state index is -0.664. The van der Waals surface area contributed by atoms with Gasteiger partial charge in [0.05, 0.1) is 13.1 Å². The molecule has 1 atom stereocenters. The number of likely N-dealkylation sites (tertiary alicyclic amines) is 1. The number of amides is 1. The molecule has 3 nitrogen and oxygen atoms in total. The quantitative estimate of drug-likeness (QED) is 0.895. The number of aliphatic hydroxyl groups is 1. The van der Waals surface area contributed by atoms with Gasteiger partial charge in [-0.3, -0.25) is 4.79 Å². The Kier molecular flexibility index (Phi) is 3.33. The van der Waals surface area contributed by atoms with E-state index in [4.69, 9.17) is 0 Å². The molecule has 1 aliphatic heterocycles. The summed E-state index contributed by atoms with van der Waals surface area (Å²) in [7, 11) is 0. The molecule has 108 valence electrons. The fraction of sp³-hybridized carbons (Fsp3) is 0.588. The lowest BCUT2D eigenvalue weighted by Gasteiger charge is -2.50. The van der Waals surface area contributed by atoms with Crippen molar-refractivity contribution in [3.05, 3.63) is 35.4 Å². The third-order valence-corrected chi connectivity index (χ3v) is 5.01. The van der Waals surface area contributed by atoms with Crippen molar-refractivity contribution in [2.45, 2.75) is 38.7 Å². The molecular weight excluding hydrogens is 250 g/mol. The van der Waals surface area contributed by atoms with E-state index >= 15 is 0 Å². The predicted molar refractivity (Wildman–Crippen MR) is 78.3 cm³/mol. The van der Waals surface area contributed by atoms with Crippen molar-refractivity contribution in [3.8, 4) is 0 Å². The number of hydrogen-bond donors (Lipinski definition) is 1. The zero-order valence-electron chi connectivity index (χ0n) is 12.3. The molecule has 0 aromatic heterocycles. The highest BCUT2D eigenvalue weighted by Gasteiger charge is 2.47. The summed E-state index contributed by atoms with van der Waals surface area (Å²) < 4.78 is 0. The number of benzene rings is 1. The number of carbonyl (C=O) groups excluding carboxylic acids is 1. The third-order valence-electron chi connectivity index (χ3n) is 5.01. The van der Waals surface area contributed by atoms with Crippen LogP contribution in [0.2, 0.25) is 0 Å². The molecule has 0 radical (unpaired) electrons. The van der Waals surface area contributed by atoms with E-state index in [9.17, 15) is 9.90 Å². The number of fused-ring (bicyclic) bond motifs is 1. The van der Waals surface area contributed by atoms with Crippen molar-refractivity contribution in [1.29, 1.82) is 0 Å². The van der Waals surface area contributed by atoms with Gasteiger partial charge in [-0.1, -0.05) is 38.1 Å². The molecule has 3 rings (SSSR count). The SMILES string of the molecule is CC(C)C1(O)CN(C(=O)C2CCc3ccccc3C2)C1. The third kappa shape index (κ3) is 2.24. The highest BCUT2D eigenvalue weighted by atomic mass is 16.3. The van der Waals surface area contributed by atoms with E-state index in [-0.39, 0.29) is 17.7 Å². The summed E-state index contributed by atoms with van der Waals surface area (Å²) in [5, 5.41) is 10.3. The van der Waals surface area contributed by atoms with Crippen LogP contribution in [0.25, 0.3) is 0 Å². The molecule has 2 aliphatic rings. The zero-order valence-corrected chi connectivity index (χ0v) is 12.3. The van der Waals surface area contributed by atoms with Crippen LogP contribution in [0.3, 0.4) is 0 Å². The molecule has 0 bridgehead atoms. The molecule has 1 N–H and O–H groups in total. The first-order valence-electron chi connectivity index (χ1n) is 7.57. The lowest BCUT2D eigenvalue weighted by Crippen LogP contribution is -2.67. The molecular formula is C17H23NO2. The average Bonchev–Trinajstić information content (AvgIpc) is 2.42. The number of hydrogen-bond acceptors (Lipinski definition) is 2. The van der Waals surface area contributed by atoms with Crippen molar-refractivity contribution in [2.24, 2.45) is 11.8 Å². The second kappa shape index (κ2) is 4.88. The first kappa shape index (κ1) is 13.6. The predicted octanol–water partition coefficient (Wildman–Crippen LogP) is 2.02. The number of aryl methyl sites for hydroxylation is 1. The maximum Gasteiger partial charge on any atom is 0.226 e. The van der Waals surface area contributed by atoms with Crippen LogP contribution in [-0.4, -0.2) is 34.6 Å². The summed E-state index contributed by atoms with van der Waals surface area (Å²) in [6.07, 6.45) is 2.78. The molecule has 1 unspecified atom stereocenters. The summed E-state index contributed by atoms with van der Waals surface area (Å²) in [5.74, 6) is 0.532. The van der Waals surface area contributed by atoms with E-state index in [0.29, 0.717) is 13.1 Å². The lowest BCUT2D eigenvalue weighted by atomic mass is 9.79. The van der Waals surface area contributed by atoms with Crippen molar-refractivity contribution in [3.63, 3.8) is 0 Å². The molecule has 1 aromatic carbocycles. The maximum absolute atomic E-state index is 12.5. The Labute approximate surface area is 120 Å². The molecule has 1 aromatic rings. The van der Waals surface area contributed by atoms with Crippen LogP contribution in [0.1, 0.15) is 31.4 Å². The average molecular weight is 273 g/mol. The molecule has 1 saturated heterocycles. The van der Waals surface area contributed by atoms with E-state index < -0.39 is 5.60 Å². The smallest absolute Gasteiger partial charge is 0.226 e. The fourth-order valence-corrected chi connectivity index (χ4v) is 3.30. The van der Waals surface area contributed by atoms with Crippen LogP contribution in [0.5, 0.6) is 0 Å². The molecule has 1 amide bonds. The Bertz CT molecular complexity index is 517. The first-order chi connectivity index (χ1) is 9.49. The molecule has 3 heteroatoms. The summed E-state index contributed by atoms with van der Waals surface area (Å²) >= 11 is 0. The van der Waals surface area contributed by atoms with Gasteiger partial charge in [-0.05, 0) is 36.3 Å². The second-order valence-electron chi connectivity index (χ2n) is 6.66. The van der Waals surface area contributed by atoms with Crippen LogP contribution in [0.15, 0.2) is 24.3 Å². The molecule has 1 fully saturated rings. The van der Waals surface area contributed by atoms with Gasteiger partial charge < -0.3 is 10.0 Å². The number of nitrogens with zero attached hydrogens (tertiary/aromatic N) is 1. The van der Waals surface area contributed by atoms with E-state index in [1.807, 2.05) is 24.8 Å². The van der Waals surface area contributed by atoms with Crippen LogP contribution >= 0.6 is 0 Å². The Morgan fingerprint density at radius 1 is 1.30 bits per heavy atom. The van der Waals surface area contributed by atoms with Crippen molar-refractivity contribution in [1.82, 2.24) is 4.90 Å². The van der Waals surface area contributed by atoms with Crippen LogP contribution < -0.4 is 0 Å². The van der Waals surface area contributed by atoms with E-state index in [1.165, 1.54) is 11.1 Å². The molecule has 1 aliphatic carbocycles. The Morgan fingerprint density at radius 2 is 1.95 bits per heavy atom. The number of β-amino-alcohol motifs (C(OH)–C–C–N with tert-alkyl or cyclic N) is 1. The maximum atomic E-state index is 12.5. The molecule has 1 heterocycles. The van der Waals surface area contributed by atoms with Gasteiger partial charge in [-0.2, -0.15) is 0 Å². The van der Waals surface area contributed by atoms with Gasteiger partial charge in [0.15, 0.2) is 0 Å². The lowest BCUT2D eigenvalue weighted by molar-refractivity contribution is -0.168. The van der Waals surface area contributed by atoms with Gasteiger partial charge in [-0.15, -0.1) is 0 Å². The van der Waals surface area contributed by atoms with Crippen LogP contribution in [0, 0.1) is 11.8 Å². The highest BCUT2D eigenvalue weighted by Crippen LogP contribution is 2.33. The minimum absolute atomic E-state index is 0.0987. The van der Waals surface area contributed by atoms with Crippen LogP contribution in [0.4, 0.5) is 0 Å². The van der Waals surface area contributed by atoms with Crippen molar-refractivity contribution < 1.29 is 9.90 Å². The number of rotatable bonds is 2. The van der Waals surface area contributed by atoms with Gasteiger partial charge in [0.2, 0.25) is 5.91 Å². The number of carbonyl (C=O) groups is 1. The standard InChI is InChI=1S/C17H23NO2/c1-12(2)17(20)10-18(11-17)16(19)15-8-7-13-5-3-4-6-14(13)9-15/h3-6,12,15,20H,7-11H2,1-2H3. The largest absolute Gasteiger partial charge is 0.386 e. The summed E-state index contributed by atoms with van der Waals surface area (Å²) in [4.78, 5) is 14.3. The van der Waals surface area contributed by atoms with Gasteiger partial charge in [0, 0.05) is 5.92 Å². The summed E-state index contributed by atoms with van der Waals surface area (Å²) in [6.45, 7) is 5.03. The van der Waals surface area contributed by atoms with E-state index in [0.717, 1.165) is 19.3 Å². The molecule has 0 spiro atoms. The van der Waals surface area contributed by atoms with Crippen molar-refractivity contribution in [2.75, 3.05) is 13.1 Å². The Morgan fingerprint density at radius 3 is 2.60 bits per heavy atom. The van der Waals surface area contributed by atoms with Crippen molar-refractivity contribution >= 4 is 5.91 Å². The first-order valence-corrected chi connectivity index (χ1v) is 7.57. The summed E-state index contributed by atoms with van der Waals surface area (Å²) in [6, 6.07) is 8.42. The minimum Gasteiger partial charge on any atom is -0.386 e. The zero-order chi connectivity index (χ0) is 14.3. The second-order valence-corrected chi connectivity index (χ2v) is 6.66. The normalized spacial score (nSPS) is 24.2. The van der Waals surface area contributed by atoms with Crippen LogP contribution in [-0.2, 0) is 17.6 Å². The molecule has 20 heavy (non-hydrogen) atoms. The summed E-state index contributed by atoms with van der Waals surface area (Å²) in [5.41, 5.74) is 2.04. The van der Waals surface area contributed by atoms with Gasteiger partial charge in [0.25, 0.3) is 0 Å². The van der Waals surface area contributed by atoms with E-state index in [2.05, 4.69) is 18.2 Å². The Hall–Kier alpha value is -1.35. The highest BCUT2D eigenvalue weighted by molar-refractivity contribution is 5.80. The topological polar surface area (TPSA) is 40.5 Å². The Balaban J connectivity index is 1.64. The van der Waals surface area contributed by atoms with Gasteiger partial charge in [0.1, 0.15) is 5.60 Å². The fourth-order valence-electron chi connectivity index (χ4n) is 3.30.